The zero-order valence-corrected chi connectivity index (χ0v) is 12.6. The van der Waals surface area contributed by atoms with Crippen molar-refractivity contribution in [1.82, 2.24) is 15.5 Å². The van der Waals surface area contributed by atoms with Crippen LogP contribution < -0.4 is 10.6 Å². The minimum absolute atomic E-state index is 0.0539. The quantitative estimate of drug-likeness (QED) is 0.737. The molecule has 2 atom stereocenters. The Morgan fingerprint density at radius 3 is 2.55 bits per heavy atom. The summed E-state index contributed by atoms with van der Waals surface area (Å²) in [7, 11) is 0. The maximum Gasteiger partial charge on any atom is 0.322 e. The fraction of sp³-hybridized carbons (Fsp3) is 0.786. The lowest BCUT2D eigenvalue weighted by Gasteiger charge is -2.29. The van der Waals surface area contributed by atoms with Gasteiger partial charge in [0.1, 0.15) is 5.54 Å². The first-order chi connectivity index (χ1) is 9.14. The van der Waals surface area contributed by atoms with Gasteiger partial charge in [0.2, 0.25) is 5.91 Å². The number of nitrogens with zero attached hydrogens (tertiary/aromatic N) is 1. The Morgan fingerprint density at radius 2 is 2.05 bits per heavy atom. The van der Waals surface area contributed by atoms with Crippen molar-refractivity contribution in [3.8, 4) is 0 Å². The van der Waals surface area contributed by atoms with Crippen molar-refractivity contribution in [2.24, 2.45) is 11.3 Å². The molecule has 0 aromatic heterocycles. The monoisotopic (exact) mass is 281 g/mol. The molecule has 0 aromatic carbocycles. The van der Waals surface area contributed by atoms with Crippen LogP contribution in [-0.4, -0.2) is 41.4 Å². The molecule has 112 valence electrons. The van der Waals surface area contributed by atoms with Crippen LogP contribution in [0.1, 0.15) is 40.5 Å². The molecule has 0 saturated carbocycles. The topological polar surface area (TPSA) is 78.5 Å². The van der Waals surface area contributed by atoms with E-state index < -0.39 is 11.6 Å². The molecule has 6 heteroatoms. The molecule has 0 aliphatic carbocycles. The van der Waals surface area contributed by atoms with Gasteiger partial charge in [0.05, 0.1) is 6.54 Å². The smallest absolute Gasteiger partial charge is 0.322 e. The molecular formula is C14H23N3O3. The molecular weight excluding hydrogens is 258 g/mol. The average Bonchev–Trinajstić information content (AvgIpc) is 2.83. The summed E-state index contributed by atoms with van der Waals surface area (Å²) >= 11 is 0. The van der Waals surface area contributed by atoms with Crippen LogP contribution in [0.5, 0.6) is 0 Å². The fourth-order valence-electron chi connectivity index (χ4n) is 2.54. The van der Waals surface area contributed by atoms with E-state index in [1.54, 1.807) is 4.90 Å². The number of carbonyl (C=O) groups is 3. The van der Waals surface area contributed by atoms with E-state index >= 15 is 0 Å². The number of urea groups is 1. The van der Waals surface area contributed by atoms with E-state index in [0.29, 0.717) is 19.4 Å². The third kappa shape index (κ3) is 2.64. The van der Waals surface area contributed by atoms with E-state index in [4.69, 9.17) is 0 Å². The summed E-state index contributed by atoms with van der Waals surface area (Å²) in [6, 6.07) is -0.465. The number of amides is 4. The highest BCUT2D eigenvalue weighted by Crippen LogP contribution is 2.30. The Balaban J connectivity index is 1.98. The predicted octanol–water partition coefficient (Wildman–Crippen LogP) is 0.869. The van der Waals surface area contributed by atoms with Gasteiger partial charge in [-0.05, 0) is 17.8 Å². The number of nitrogens with one attached hydrogen (secondary N) is 2. The maximum absolute atomic E-state index is 12.3. The molecule has 4 amide bonds. The van der Waals surface area contributed by atoms with Gasteiger partial charge in [-0.2, -0.15) is 0 Å². The highest BCUT2D eigenvalue weighted by atomic mass is 16.2. The maximum atomic E-state index is 12.3. The number of imide groups is 1. The molecule has 1 spiro atoms. The standard InChI is InChI=1S/C14H23N3O3/c1-9(13(2,3)4)7-10(18)17-6-5-14(8-17)11(19)15-12(20)16-14/h9H,5-8H2,1-4H3,(H2,15,16,19,20). The van der Waals surface area contributed by atoms with Crippen LogP contribution in [-0.2, 0) is 9.59 Å². The van der Waals surface area contributed by atoms with Crippen molar-refractivity contribution in [1.29, 1.82) is 0 Å². The molecule has 2 fully saturated rings. The first-order valence-corrected chi connectivity index (χ1v) is 7.05. The largest absolute Gasteiger partial charge is 0.340 e. The van der Waals surface area contributed by atoms with Gasteiger partial charge in [0.15, 0.2) is 0 Å². The average molecular weight is 281 g/mol. The molecule has 0 radical (unpaired) electrons. The molecule has 0 aromatic rings. The lowest BCUT2D eigenvalue weighted by atomic mass is 9.80. The molecule has 6 nitrogen and oxygen atoms in total. The summed E-state index contributed by atoms with van der Waals surface area (Å²) in [6.07, 6.45) is 0.954. The number of carbonyl (C=O) groups excluding carboxylic acids is 3. The lowest BCUT2D eigenvalue weighted by Crippen LogP contribution is -2.49. The molecule has 2 heterocycles. The highest BCUT2D eigenvalue weighted by Gasteiger charge is 2.51. The zero-order valence-electron chi connectivity index (χ0n) is 12.6. The lowest BCUT2D eigenvalue weighted by molar-refractivity contribution is -0.132. The van der Waals surface area contributed by atoms with Crippen LogP contribution in [0.15, 0.2) is 0 Å². The summed E-state index contributed by atoms with van der Waals surface area (Å²) in [5.41, 5.74) is -0.830. The summed E-state index contributed by atoms with van der Waals surface area (Å²) in [4.78, 5) is 37.1. The van der Waals surface area contributed by atoms with E-state index in [2.05, 4.69) is 38.3 Å². The van der Waals surface area contributed by atoms with E-state index in [9.17, 15) is 14.4 Å². The van der Waals surface area contributed by atoms with Crippen LogP contribution in [0, 0.1) is 11.3 Å². The van der Waals surface area contributed by atoms with E-state index in [-0.39, 0.29) is 29.7 Å². The summed E-state index contributed by atoms with van der Waals surface area (Å²) in [5.74, 6) is -0.00142. The van der Waals surface area contributed by atoms with Crippen molar-refractivity contribution < 1.29 is 14.4 Å². The van der Waals surface area contributed by atoms with E-state index in [1.807, 2.05) is 0 Å². The second-order valence-electron chi connectivity index (χ2n) is 7.03. The van der Waals surface area contributed by atoms with Crippen molar-refractivity contribution in [2.75, 3.05) is 13.1 Å². The van der Waals surface area contributed by atoms with Gasteiger partial charge in [-0.3, -0.25) is 14.9 Å². The van der Waals surface area contributed by atoms with Crippen LogP contribution in [0.4, 0.5) is 4.79 Å². The van der Waals surface area contributed by atoms with Crippen LogP contribution in [0.25, 0.3) is 0 Å². The Hall–Kier alpha value is -1.59. The van der Waals surface area contributed by atoms with Gasteiger partial charge in [-0.15, -0.1) is 0 Å². The molecule has 2 rings (SSSR count). The predicted molar refractivity (Wildman–Crippen MR) is 73.8 cm³/mol. The van der Waals surface area contributed by atoms with Gasteiger partial charge in [0, 0.05) is 13.0 Å². The Labute approximate surface area is 119 Å². The second-order valence-corrected chi connectivity index (χ2v) is 7.03. The molecule has 2 N–H and O–H groups in total. The van der Waals surface area contributed by atoms with Crippen molar-refractivity contribution >= 4 is 17.8 Å². The number of likely N-dealkylation sites (tertiary alicyclic amines) is 1. The van der Waals surface area contributed by atoms with Crippen molar-refractivity contribution in [2.45, 2.75) is 46.1 Å². The Kier molecular flexibility index (Phi) is 3.52. The third-order valence-electron chi connectivity index (χ3n) is 4.60. The van der Waals surface area contributed by atoms with Crippen molar-refractivity contribution in [3.05, 3.63) is 0 Å². The molecule has 20 heavy (non-hydrogen) atoms. The number of hydrogen-bond donors (Lipinski definition) is 2. The van der Waals surface area contributed by atoms with Crippen LogP contribution in [0.3, 0.4) is 0 Å². The second kappa shape index (κ2) is 4.75. The molecule has 2 saturated heterocycles. The minimum Gasteiger partial charge on any atom is -0.340 e. The Morgan fingerprint density at radius 1 is 1.40 bits per heavy atom. The van der Waals surface area contributed by atoms with E-state index in [0.717, 1.165) is 0 Å². The number of rotatable bonds is 2. The van der Waals surface area contributed by atoms with Crippen LogP contribution in [0.2, 0.25) is 0 Å². The summed E-state index contributed by atoms with van der Waals surface area (Å²) < 4.78 is 0. The normalized spacial score (nSPS) is 27.7. The van der Waals surface area contributed by atoms with Crippen molar-refractivity contribution in [3.63, 3.8) is 0 Å². The van der Waals surface area contributed by atoms with Gasteiger partial charge in [0.25, 0.3) is 5.91 Å². The highest BCUT2D eigenvalue weighted by molar-refractivity contribution is 6.07. The zero-order chi connectivity index (χ0) is 15.1. The van der Waals surface area contributed by atoms with Gasteiger partial charge < -0.3 is 10.2 Å². The third-order valence-corrected chi connectivity index (χ3v) is 4.60. The van der Waals surface area contributed by atoms with Gasteiger partial charge >= 0.3 is 6.03 Å². The summed E-state index contributed by atoms with van der Waals surface area (Å²) in [6.45, 7) is 9.20. The molecule has 0 bridgehead atoms. The molecule has 2 aliphatic rings. The summed E-state index contributed by atoms with van der Waals surface area (Å²) in [5, 5.41) is 4.90. The molecule has 2 aliphatic heterocycles. The van der Waals surface area contributed by atoms with Crippen LogP contribution >= 0.6 is 0 Å². The van der Waals surface area contributed by atoms with Gasteiger partial charge in [-0.1, -0.05) is 27.7 Å². The Bertz CT molecular complexity index is 455. The molecule has 2 unspecified atom stereocenters. The minimum atomic E-state index is -0.905. The number of hydrogen-bond acceptors (Lipinski definition) is 3. The van der Waals surface area contributed by atoms with E-state index in [1.165, 1.54) is 0 Å². The first-order valence-electron chi connectivity index (χ1n) is 7.05. The fourth-order valence-corrected chi connectivity index (χ4v) is 2.54. The first kappa shape index (κ1) is 14.8. The SMILES string of the molecule is CC(CC(=O)N1CCC2(C1)NC(=O)NC2=O)C(C)(C)C. The van der Waals surface area contributed by atoms with Gasteiger partial charge in [-0.25, -0.2) is 4.79 Å².